The number of hydrogen-bond donors (Lipinski definition) is 0. The topological polar surface area (TPSA) is 17.8 Å². The summed E-state index contributed by atoms with van der Waals surface area (Å²) < 4.78 is 4.82. The molecule has 2 aromatic carbocycles. The molecule has 4 heteroatoms. The molecule has 0 aliphatic rings. The zero-order chi connectivity index (χ0) is 14.4. The fourth-order valence-corrected chi connectivity index (χ4v) is 3.72. The lowest BCUT2D eigenvalue weighted by Gasteiger charge is -2.07. The Morgan fingerprint density at radius 2 is 1.24 bits per heavy atom. The maximum Gasteiger partial charge on any atom is 0.0541 e. The van der Waals surface area contributed by atoms with E-state index in [9.17, 15) is 0 Å². The molecule has 0 bridgehead atoms. The smallest absolute Gasteiger partial charge is 0.0541 e. The van der Waals surface area contributed by atoms with E-state index in [0.29, 0.717) is 0 Å². The van der Waals surface area contributed by atoms with Crippen LogP contribution < -0.4 is 0 Å². The van der Waals surface area contributed by atoms with Crippen LogP contribution in [0.2, 0.25) is 0 Å². The minimum atomic E-state index is 1.15. The van der Waals surface area contributed by atoms with E-state index in [-0.39, 0.29) is 0 Å². The molecule has 0 aliphatic heterocycles. The second kappa shape index (κ2) is 5.24. The van der Waals surface area contributed by atoms with E-state index < -0.39 is 0 Å². The van der Waals surface area contributed by atoms with Crippen LogP contribution in [0.4, 0.5) is 0 Å². The second-order valence-corrected chi connectivity index (χ2v) is 7.36. The zero-order valence-corrected chi connectivity index (χ0v) is 15.2. The van der Waals surface area contributed by atoms with Crippen LogP contribution in [-0.4, -0.2) is 9.55 Å². The SMILES string of the molecule is Ic1ccc2c(c1)c1cc(I)ccc1n2-c1ccncc1. The van der Waals surface area contributed by atoms with Gasteiger partial charge in [-0.05, 0) is 93.7 Å². The van der Waals surface area contributed by atoms with Crippen LogP contribution in [0, 0.1) is 7.14 Å². The van der Waals surface area contributed by atoms with Gasteiger partial charge in [-0.15, -0.1) is 0 Å². The average molecular weight is 496 g/mol. The Kier molecular flexibility index (Phi) is 3.37. The highest BCUT2D eigenvalue weighted by atomic mass is 127. The molecule has 102 valence electrons. The van der Waals surface area contributed by atoms with Crippen molar-refractivity contribution in [2.24, 2.45) is 0 Å². The summed E-state index contributed by atoms with van der Waals surface area (Å²) in [4.78, 5) is 4.13. The lowest BCUT2D eigenvalue weighted by Crippen LogP contribution is -1.93. The molecule has 0 fully saturated rings. The van der Waals surface area contributed by atoms with Crippen molar-refractivity contribution >= 4 is 67.0 Å². The standard InChI is InChI=1S/C17H10I2N2/c18-11-1-3-16-14(9-11)15-10-12(19)2-4-17(15)21(16)13-5-7-20-8-6-13/h1-10H. The Morgan fingerprint density at radius 3 is 1.76 bits per heavy atom. The molecular formula is C17H10I2N2. The molecule has 0 atom stereocenters. The van der Waals surface area contributed by atoms with E-state index in [0.717, 1.165) is 5.69 Å². The fraction of sp³-hybridized carbons (Fsp3) is 0. The van der Waals surface area contributed by atoms with E-state index in [2.05, 4.69) is 103 Å². The summed E-state index contributed by atoms with van der Waals surface area (Å²) in [7, 11) is 0. The molecule has 0 spiro atoms. The van der Waals surface area contributed by atoms with Gasteiger partial charge in [0.1, 0.15) is 0 Å². The third-order valence-electron chi connectivity index (χ3n) is 3.61. The molecule has 2 aromatic heterocycles. The number of nitrogens with zero attached hydrogens (tertiary/aromatic N) is 2. The van der Waals surface area contributed by atoms with Gasteiger partial charge in [-0.3, -0.25) is 4.98 Å². The lowest BCUT2D eigenvalue weighted by atomic mass is 10.2. The number of aromatic nitrogens is 2. The van der Waals surface area contributed by atoms with Crippen LogP contribution in [0.1, 0.15) is 0 Å². The average Bonchev–Trinajstić information content (AvgIpc) is 2.81. The first-order chi connectivity index (χ1) is 10.2. The van der Waals surface area contributed by atoms with E-state index in [4.69, 9.17) is 0 Å². The van der Waals surface area contributed by atoms with Gasteiger partial charge in [0.2, 0.25) is 0 Å². The molecule has 4 rings (SSSR count). The Hall–Kier alpha value is -1.15. The van der Waals surface area contributed by atoms with Crippen molar-refractivity contribution in [1.82, 2.24) is 9.55 Å². The number of fused-ring (bicyclic) bond motifs is 3. The van der Waals surface area contributed by atoms with Crippen molar-refractivity contribution in [2.45, 2.75) is 0 Å². The molecule has 4 aromatic rings. The van der Waals surface area contributed by atoms with Gasteiger partial charge in [0, 0.05) is 36.0 Å². The molecule has 2 heterocycles. The molecule has 0 radical (unpaired) electrons. The Balaban J connectivity index is 2.22. The molecule has 0 N–H and O–H groups in total. The highest BCUT2D eigenvalue weighted by molar-refractivity contribution is 14.1. The van der Waals surface area contributed by atoms with Gasteiger partial charge in [0.15, 0.2) is 0 Å². The quantitative estimate of drug-likeness (QED) is 0.324. The van der Waals surface area contributed by atoms with Gasteiger partial charge in [-0.1, -0.05) is 0 Å². The third kappa shape index (κ3) is 2.24. The summed E-state index contributed by atoms with van der Waals surface area (Å²) >= 11 is 4.74. The lowest BCUT2D eigenvalue weighted by molar-refractivity contribution is 1.15. The van der Waals surface area contributed by atoms with E-state index in [1.54, 1.807) is 0 Å². The highest BCUT2D eigenvalue weighted by Crippen LogP contribution is 2.33. The monoisotopic (exact) mass is 496 g/mol. The third-order valence-corrected chi connectivity index (χ3v) is 4.95. The summed E-state index contributed by atoms with van der Waals surface area (Å²) in [5.74, 6) is 0. The number of rotatable bonds is 1. The Labute approximate surface area is 149 Å². The van der Waals surface area contributed by atoms with Gasteiger partial charge in [0.25, 0.3) is 0 Å². The maximum atomic E-state index is 4.13. The predicted molar refractivity (Wildman–Crippen MR) is 104 cm³/mol. The number of halogens is 2. The van der Waals surface area contributed by atoms with Gasteiger partial charge >= 0.3 is 0 Å². The molecule has 0 unspecified atom stereocenters. The number of hydrogen-bond acceptors (Lipinski definition) is 1. The number of pyridine rings is 1. The molecule has 0 aliphatic carbocycles. The van der Waals surface area contributed by atoms with E-state index >= 15 is 0 Å². The molecule has 2 nitrogen and oxygen atoms in total. The molecule has 0 saturated carbocycles. The Morgan fingerprint density at radius 1 is 0.714 bits per heavy atom. The minimum Gasteiger partial charge on any atom is -0.309 e. The predicted octanol–water partition coefficient (Wildman–Crippen LogP) is 5.39. The van der Waals surface area contributed by atoms with E-state index in [1.807, 2.05) is 12.4 Å². The maximum absolute atomic E-state index is 4.13. The molecule has 0 amide bonds. The van der Waals surface area contributed by atoms with Crippen LogP contribution in [0.25, 0.3) is 27.5 Å². The van der Waals surface area contributed by atoms with Crippen LogP contribution in [0.3, 0.4) is 0 Å². The molecule has 0 saturated heterocycles. The van der Waals surface area contributed by atoms with Gasteiger partial charge in [0.05, 0.1) is 11.0 Å². The minimum absolute atomic E-state index is 1.15. The van der Waals surface area contributed by atoms with Crippen molar-refractivity contribution < 1.29 is 0 Å². The summed E-state index contributed by atoms with van der Waals surface area (Å²) in [5, 5.41) is 2.60. The highest BCUT2D eigenvalue weighted by Gasteiger charge is 2.12. The molecule has 21 heavy (non-hydrogen) atoms. The van der Waals surface area contributed by atoms with Gasteiger partial charge in [-0.25, -0.2) is 0 Å². The van der Waals surface area contributed by atoms with E-state index in [1.165, 1.54) is 28.9 Å². The summed E-state index contributed by atoms with van der Waals surface area (Å²) in [6.45, 7) is 0. The van der Waals surface area contributed by atoms with Crippen molar-refractivity contribution in [3.8, 4) is 5.69 Å². The Bertz CT molecular complexity index is 900. The normalized spacial score (nSPS) is 11.3. The first-order valence-corrected chi connectivity index (χ1v) is 8.69. The van der Waals surface area contributed by atoms with Crippen molar-refractivity contribution in [3.05, 3.63) is 68.1 Å². The van der Waals surface area contributed by atoms with Gasteiger partial charge in [-0.2, -0.15) is 0 Å². The van der Waals surface area contributed by atoms with Crippen LogP contribution in [0.15, 0.2) is 60.9 Å². The largest absolute Gasteiger partial charge is 0.309 e. The fourth-order valence-electron chi connectivity index (χ4n) is 2.74. The van der Waals surface area contributed by atoms with Gasteiger partial charge < -0.3 is 4.57 Å². The summed E-state index contributed by atoms with van der Waals surface area (Å²) in [6, 6.07) is 17.3. The van der Waals surface area contributed by atoms with Crippen molar-refractivity contribution in [2.75, 3.05) is 0 Å². The first-order valence-electron chi connectivity index (χ1n) is 6.54. The van der Waals surface area contributed by atoms with Crippen LogP contribution in [-0.2, 0) is 0 Å². The summed E-state index contributed by atoms with van der Waals surface area (Å²) in [5.41, 5.74) is 3.62. The van der Waals surface area contributed by atoms with Crippen LogP contribution >= 0.6 is 45.2 Å². The first kappa shape index (κ1) is 13.5. The van der Waals surface area contributed by atoms with Crippen LogP contribution in [0.5, 0.6) is 0 Å². The summed E-state index contributed by atoms with van der Waals surface area (Å²) in [6.07, 6.45) is 3.68. The zero-order valence-electron chi connectivity index (χ0n) is 10.9. The van der Waals surface area contributed by atoms with Crippen molar-refractivity contribution in [3.63, 3.8) is 0 Å². The van der Waals surface area contributed by atoms with Crippen molar-refractivity contribution in [1.29, 1.82) is 0 Å². The second-order valence-electron chi connectivity index (χ2n) is 4.86. The molecular weight excluding hydrogens is 486 g/mol. The number of benzene rings is 2.